The van der Waals surface area contributed by atoms with Crippen LogP contribution in [0, 0.1) is 5.82 Å². The number of benzene rings is 1. The van der Waals surface area contributed by atoms with E-state index < -0.39 is 23.2 Å². The number of halogens is 2. The van der Waals surface area contributed by atoms with Crippen molar-refractivity contribution in [3.63, 3.8) is 0 Å². The number of amides is 1. The van der Waals surface area contributed by atoms with Crippen LogP contribution in [0.2, 0.25) is 5.02 Å². The molecule has 0 bridgehead atoms. The van der Waals surface area contributed by atoms with Crippen molar-refractivity contribution >= 4 is 23.5 Å². The Morgan fingerprint density at radius 2 is 2.10 bits per heavy atom. The van der Waals surface area contributed by atoms with E-state index in [1.165, 1.54) is 19.2 Å². The average molecular weight is 302 g/mol. The van der Waals surface area contributed by atoms with Crippen molar-refractivity contribution in [1.29, 1.82) is 0 Å². The highest BCUT2D eigenvalue weighted by Crippen LogP contribution is 2.19. The first-order valence-electron chi connectivity index (χ1n) is 6.20. The molecule has 0 aliphatic heterocycles. The molecule has 1 aromatic rings. The summed E-state index contributed by atoms with van der Waals surface area (Å²) in [7, 11) is 1.26. The molecular weight excluding hydrogens is 285 g/mol. The normalized spacial score (nSPS) is 13.4. The molecule has 0 aliphatic rings. The Kier molecular flexibility index (Phi) is 5.51. The molecule has 4 nitrogen and oxygen atoms in total. The summed E-state index contributed by atoms with van der Waals surface area (Å²) in [4.78, 5) is 23.9. The van der Waals surface area contributed by atoms with Gasteiger partial charge >= 0.3 is 5.97 Å². The highest BCUT2D eigenvalue weighted by Gasteiger charge is 2.35. The van der Waals surface area contributed by atoms with Gasteiger partial charge in [-0.25, -0.2) is 9.18 Å². The molecule has 0 heterocycles. The van der Waals surface area contributed by atoms with Gasteiger partial charge in [-0.2, -0.15) is 0 Å². The van der Waals surface area contributed by atoms with Gasteiger partial charge in [0, 0.05) is 5.56 Å². The van der Waals surface area contributed by atoms with E-state index in [9.17, 15) is 14.0 Å². The Morgan fingerprint density at radius 1 is 1.45 bits per heavy atom. The van der Waals surface area contributed by atoms with E-state index in [4.69, 9.17) is 16.3 Å². The van der Waals surface area contributed by atoms with E-state index in [2.05, 4.69) is 5.32 Å². The van der Waals surface area contributed by atoms with Gasteiger partial charge in [0.2, 0.25) is 0 Å². The first-order valence-corrected chi connectivity index (χ1v) is 6.58. The highest BCUT2D eigenvalue weighted by molar-refractivity contribution is 6.31. The number of methoxy groups -OCH3 is 1. The molecule has 20 heavy (non-hydrogen) atoms. The van der Waals surface area contributed by atoms with Crippen LogP contribution in [0.1, 0.15) is 37.0 Å². The molecule has 0 fully saturated rings. The minimum absolute atomic E-state index is 0.145. The first kappa shape index (κ1) is 16.4. The van der Waals surface area contributed by atoms with Gasteiger partial charge in [-0.05, 0) is 31.5 Å². The van der Waals surface area contributed by atoms with Crippen LogP contribution in [0.3, 0.4) is 0 Å². The van der Waals surface area contributed by atoms with Crippen LogP contribution in [-0.2, 0) is 9.53 Å². The smallest absolute Gasteiger partial charge is 0.331 e. The Labute approximate surface area is 122 Å². The summed E-state index contributed by atoms with van der Waals surface area (Å²) in [6.45, 7) is 3.48. The topological polar surface area (TPSA) is 55.4 Å². The fourth-order valence-corrected chi connectivity index (χ4v) is 2.08. The molecule has 6 heteroatoms. The van der Waals surface area contributed by atoms with E-state index in [0.29, 0.717) is 12.8 Å². The maximum absolute atomic E-state index is 13.1. The van der Waals surface area contributed by atoms with Crippen molar-refractivity contribution < 1.29 is 18.7 Å². The van der Waals surface area contributed by atoms with Gasteiger partial charge in [-0.15, -0.1) is 0 Å². The SMILES string of the molecule is CCCC(C)(NC(=O)c1ccc(F)c(Cl)c1)C(=O)OC. The molecule has 0 spiro atoms. The van der Waals surface area contributed by atoms with Crippen molar-refractivity contribution in [2.45, 2.75) is 32.2 Å². The van der Waals surface area contributed by atoms with E-state index in [-0.39, 0.29) is 10.6 Å². The third-order valence-corrected chi connectivity index (χ3v) is 3.25. The Morgan fingerprint density at radius 3 is 2.60 bits per heavy atom. The third-order valence-electron chi connectivity index (χ3n) is 2.96. The second-order valence-electron chi connectivity index (χ2n) is 4.66. The zero-order valence-electron chi connectivity index (χ0n) is 11.6. The second-order valence-corrected chi connectivity index (χ2v) is 5.06. The first-order chi connectivity index (χ1) is 9.34. The monoisotopic (exact) mass is 301 g/mol. The Hall–Kier alpha value is -1.62. The van der Waals surface area contributed by atoms with Crippen molar-refractivity contribution in [1.82, 2.24) is 5.32 Å². The van der Waals surface area contributed by atoms with Crippen molar-refractivity contribution in [2.24, 2.45) is 0 Å². The molecule has 1 amide bonds. The summed E-state index contributed by atoms with van der Waals surface area (Å²) in [5.74, 6) is -1.64. The molecule has 0 radical (unpaired) electrons. The summed E-state index contributed by atoms with van der Waals surface area (Å²) in [6.07, 6.45) is 1.12. The minimum Gasteiger partial charge on any atom is -0.467 e. The molecule has 1 atom stereocenters. The Balaban J connectivity index is 2.96. The van der Waals surface area contributed by atoms with Crippen molar-refractivity contribution in [2.75, 3.05) is 7.11 Å². The lowest BCUT2D eigenvalue weighted by Gasteiger charge is -2.27. The molecule has 1 aromatic carbocycles. The van der Waals surface area contributed by atoms with Gasteiger partial charge in [-0.3, -0.25) is 4.79 Å². The minimum atomic E-state index is -1.12. The number of esters is 1. The summed E-state index contributed by atoms with van der Waals surface area (Å²) < 4.78 is 17.8. The van der Waals surface area contributed by atoms with Crippen LogP contribution >= 0.6 is 11.6 Å². The van der Waals surface area contributed by atoms with Crippen LogP contribution < -0.4 is 5.32 Å². The lowest BCUT2D eigenvalue weighted by molar-refractivity contribution is -0.147. The average Bonchev–Trinajstić information content (AvgIpc) is 2.40. The largest absolute Gasteiger partial charge is 0.467 e. The van der Waals surface area contributed by atoms with Crippen LogP contribution in [0.4, 0.5) is 4.39 Å². The number of ether oxygens (including phenoxy) is 1. The van der Waals surface area contributed by atoms with Crippen molar-refractivity contribution in [3.05, 3.63) is 34.6 Å². The molecule has 110 valence electrons. The van der Waals surface area contributed by atoms with Crippen LogP contribution in [0.15, 0.2) is 18.2 Å². The summed E-state index contributed by atoms with van der Waals surface area (Å²) in [6, 6.07) is 3.63. The van der Waals surface area contributed by atoms with Gasteiger partial charge in [0.15, 0.2) is 0 Å². The molecule has 1 N–H and O–H groups in total. The maximum atomic E-state index is 13.1. The molecule has 0 saturated carbocycles. The highest BCUT2D eigenvalue weighted by atomic mass is 35.5. The van der Waals surface area contributed by atoms with E-state index >= 15 is 0 Å². The zero-order valence-corrected chi connectivity index (χ0v) is 12.4. The quantitative estimate of drug-likeness (QED) is 0.851. The third kappa shape index (κ3) is 3.70. The summed E-state index contributed by atoms with van der Waals surface area (Å²) >= 11 is 5.63. The number of carbonyl (C=O) groups excluding carboxylic acids is 2. The van der Waals surface area contributed by atoms with E-state index in [1.54, 1.807) is 6.92 Å². The van der Waals surface area contributed by atoms with Gasteiger partial charge in [-0.1, -0.05) is 24.9 Å². The summed E-state index contributed by atoms with van der Waals surface area (Å²) in [5.41, 5.74) is -0.941. The number of hydrogen-bond donors (Lipinski definition) is 1. The van der Waals surface area contributed by atoms with Crippen LogP contribution in [0.25, 0.3) is 0 Å². The van der Waals surface area contributed by atoms with Gasteiger partial charge in [0.25, 0.3) is 5.91 Å². The van der Waals surface area contributed by atoms with E-state index in [1.807, 2.05) is 6.92 Å². The standard InChI is InChI=1S/C14H17ClFNO3/c1-4-7-14(2,13(19)20-3)17-12(18)9-5-6-11(16)10(15)8-9/h5-6,8H,4,7H2,1-3H3,(H,17,18). The second kappa shape index (κ2) is 6.70. The van der Waals surface area contributed by atoms with Gasteiger partial charge < -0.3 is 10.1 Å². The molecule has 0 aliphatic carbocycles. The van der Waals surface area contributed by atoms with Gasteiger partial charge in [0.1, 0.15) is 11.4 Å². The van der Waals surface area contributed by atoms with Crippen LogP contribution in [0.5, 0.6) is 0 Å². The molecule has 0 aromatic heterocycles. The fourth-order valence-electron chi connectivity index (χ4n) is 1.90. The predicted octanol–water partition coefficient (Wildman–Crippen LogP) is 2.94. The fraction of sp³-hybridized carbons (Fsp3) is 0.429. The van der Waals surface area contributed by atoms with E-state index in [0.717, 1.165) is 6.07 Å². The number of rotatable bonds is 5. The van der Waals surface area contributed by atoms with Crippen LogP contribution in [-0.4, -0.2) is 24.5 Å². The summed E-state index contributed by atoms with van der Waals surface area (Å²) in [5, 5.41) is 2.47. The molecular formula is C14H17ClFNO3. The molecule has 1 unspecified atom stereocenters. The number of nitrogens with one attached hydrogen (secondary N) is 1. The molecule has 1 rings (SSSR count). The number of carbonyl (C=O) groups is 2. The lowest BCUT2D eigenvalue weighted by Crippen LogP contribution is -2.52. The lowest BCUT2D eigenvalue weighted by atomic mass is 9.95. The Bertz CT molecular complexity index is 521. The maximum Gasteiger partial charge on any atom is 0.331 e. The zero-order chi connectivity index (χ0) is 15.3. The van der Waals surface area contributed by atoms with Crippen molar-refractivity contribution in [3.8, 4) is 0 Å². The van der Waals surface area contributed by atoms with Gasteiger partial charge in [0.05, 0.1) is 12.1 Å². The molecule has 0 saturated heterocycles. The number of hydrogen-bond acceptors (Lipinski definition) is 3. The predicted molar refractivity (Wildman–Crippen MR) is 74.2 cm³/mol.